The molecule has 0 aliphatic rings. The molecule has 0 saturated heterocycles. The summed E-state index contributed by atoms with van der Waals surface area (Å²) in [4.78, 5) is 0. The molecule has 0 aromatic heterocycles. The first kappa shape index (κ1) is 13.6. The molecule has 0 saturated carbocycles. The monoisotopic (exact) mass is 286 g/mol. The number of rotatable bonds is 8. The molecule has 1 aromatic carbocycles. The van der Waals surface area contributed by atoms with Crippen LogP contribution in [0.4, 0.5) is 0 Å². The zero-order chi connectivity index (χ0) is 11.6. The Morgan fingerprint density at radius 3 is 2.44 bits per heavy atom. The first-order chi connectivity index (χ1) is 7.86. The molecule has 0 N–H and O–H groups in total. The van der Waals surface area contributed by atoms with Crippen LogP contribution in [0.5, 0.6) is 5.75 Å². The van der Waals surface area contributed by atoms with Crippen LogP contribution in [0.25, 0.3) is 0 Å². The van der Waals surface area contributed by atoms with Crippen molar-refractivity contribution >= 4 is 15.0 Å². The summed E-state index contributed by atoms with van der Waals surface area (Å²) in [5, 5.41) is 2.70. The van der Waals surface area contributed by atoms with Gasteiger partial charge in [0.15, 0.2) is 0 Å². The average Bonchev–Trinajstić information content (AvgIpc) is 2.34. The molecule has 16 heavy (non-hydrogen) atoms. The van der Waals surface area contributed by atoms with Gasteiger partial charge < -0.3 is 0 Å². The first-order valence-electron chi connectivity index (χ1n) is 6.07. The second-order valence-corrected chi connectivity index (χ2v) is 6.28. The van der Waals surface area contributed by atoms with Crippen molar-refractivity contribution in [2.45, 2.75) is 43.2 Å². The second-order valence-electron chi connectivity index (χ2n) is 3.96. The summed E-state index contributed by atoms with van der Waals surface area (Å²) < 4.78 is 5.14. The van der Waals surface area contributed by atoms with E-state index in [4.69, 9.17) is 4.74 Å². The Kier molecular flexibility index (Phi) is 7.37. The molecule has 1 rings (SSSR count). The summed E-state index contributed by atoms with van der Waals surface area (Å²) in [7, 11) is 1.71. The average molecular weight is 285 g/mol. The van der Waals surface area contributed by atoms with E-state index in [1.807, 2.05) is 0 Å². The molecule has 2 heteroatoms. The van der Waals surface area contributed by atoms with Crippen molar-refractivity contribution in [3.05, 3.63) is 29.8 Å². The van der Waals surface area contributed by atoms with Crippen molar-refractivity contribution in [1.82, 2.24) is 0 Å². The van der Waals surface area contributed by atoms with E-state index in [1.54, 1.807) is 7.11 Å². The van der Waals surface area contributed by atoms with Crippen LogP contribution < -0.4 is 4.74 Å². The standard InChI is InChI=1S/C14H22OSe/c1-3-4-5-6-11-16-12-13-7-9-14(15-2)10-8-13/h7-10H,3-6,11-12H2,1-2H3. The number of hydrogen-bond acceptors (Lipinski definition) is 1. The minimum atomic E-state index is 0.780. The van der Waals surface area contributed by atoms with Crippen LogP contribution in [-0.2, 0) is 5.32 Å². The molecule has 0 bridgehead atoms. The number of hydrogen-bond donors (Lipinski definition) is 0. The molecule has 0 radical (unpaired) electrons. The molecule has 0 aliphatic heterocycles. The van der Waals surface area contributed by atoms with Gasteiger partial charge >= 0.3 is 106 Å². The Bertz CT molecular complexity index is 269. The molecule has 0 spiro atoms. The molecular weight excluding hydrogens is 263 g/mol. The fourth-order valence-corrected chi connectivity index (χ4v) is 3.60. The molecule has 0 fully saturated rings. The van der Waals surface area contributed by atoms with E-state index >= 15 is 0 Å². The summed E-state index contributed by atoms with van der Waals surface area (Å²) >= 11 is 0.780. The van der Waals surface area contributed by atoms with Crippen LogP contribution in [0.3, 0.4) is 0 Å². The maximum absolute atomic E-state index is 5.14. The van der Waals surface area contributed by atoms with Gasteiger partial charge in [0, 0.05) is 0 Å². The molecular formula is C14H22OSe. The van der Waals surface area contributed by atoms with E-state index in [2.05, 4.69) is 31.2 Å². The second kappa shape index (κ2) is 8.66. The van der Waals surface area contributed by atoms with Crippen LogP contribution in [-0.4, -0.2) is 22.1 Å². The summed E-state index contributed by atoms with van der Waals surface area (Å²) in [6.45, 7) is 2.27. The molecule has 1 aromatic rings. The van der Waals surface area contributed by atoms with Crippen LogP contribution in [0.2, 0.25) is 5.32 Å². The number of benzene rings is 1. The van der Waals surface area contributed by atoms with Gasteiger partial charge in [-0.15, -0.1) is 0 Å². The van der Waals surface area contributed by atoms with Crippen molar-refractivity contribution < 1.29 is 4.74 Å². The predicted octanol–water partition coefficient (Wildman–Crippen LogP) is 3.90. The maximum atomic E-state index is 5.14. The molecule has 0 aliphatic carbocycles. The van der Waals surface area contributed by atoms with E-state index in [0.29, 0.717) is 0 Å². The Hall–Kier alpha value is -0.461. The van der Waals surface area contributed by atoms with Gasteiger partial charge in [-0.2, -0.15) is 0 Å². The predicted molar refractivity (Wildman–Crippen MR) is 71.4 cm³/mol. The van der Waals surface area contributed by atoms with Gasteiger partial charge in [0.2, 0.25) is 0 Å². The van der Waals surface area contributed by atoms with Crippen molar-refractivity contribution in [2.75, 3.05) is 7.11 Å². The Balaban J connectivity index is 2.12. The van der Waals surface area contributed by atoms with Gasteiger partial charge in [-0.05, 0) is 0 Å². The number of unbranched alkanes of at least 4 members (excludes halogenated alkanes) is 3. The fourth-order valence-electron chi connectivity index (χ4n) is 1.54. The summed E-state index contributed by atoms with van der Waals surface area (Å²) in [6.07, 6.45) is 5.58. The Morgan fingerprint density at radius 1 is 1.06 bits per heavy atom. The van der Waals surface area contributed by atoms with E-state index in [-0.39, 0.29) is 0 Å². The first-order valence-corrected chi connectivity index (χ1v) is 8.49. The molecule has 90 valence electrons. The van der Waals surface area contributed by atoms with Gasteiger partial charge in [0.05, 0.1) is 0 Å². The summed E-state index contributed by atoms with van der Waals surface area (Å²) in [6, 6.07) is 8.49. The molecule has 0 atom stereocenters. The van der Waals surface area contributed by atoms with Gasteiger partial charge in [0.1, 0.15) is 0 Å². The van der Waals surface area contributed by atoms with E-state index < -0.39 is 0 Å². The Labute approximate surface area is 106 Å². The van der Waals surface area contributed by atoms with E-state index in [9.17, 15) is 0 Å². The molecule has 1 nitrogen and oxygen atoms in total. The van der Waals surface area contributed by atoms with Gasteiger partial charge in [-0.1, -0.05) is 0 Å². The Morgan fingerprint density at radius 2 is 1.81 bits per heavy atom. The SMILES string of the molecule is CCCCCC[Se]Cc1ccc(OC)cc1. The quantitative estimate of drug-likeness (QED) is 0.520. The molecule has 0 unspecified atom stereocenters. The minimum absolute atomic E-state index is 0.780. The molecule has 0 heterocycles. The third kappa shape index (κ3) is 5.58. The van der Waals surface area contributed by atoms with E-state index in [0.717, 1.165) is 20.7 Å². The number of methoxy groups -OCH3 is 1. The summed E-state index contributed by atoms with van der Waals surface area (Å²) in [5.74, 6) is 0.958. The summed E-state index contributed by atoms with van der Waals surface area (Å²) in [5.41, 5.74) is 1.45. The van der Waals surface area contributed by atoms with Crippen molar-refractivity contribution in [2.24, 2.45) is 0 Å². The van der Waals surface area contributed by atoms with Gasteiger partial charge in [-0.3, -0.25) is 0 Å². The van der Waals surface area contributed by atoms with Crippen LogP contribution in [0.1, 0.15) is 38.2 Å². The van der Waals surface area contributed by atoms with Crippen molar-refractivity contribution in [3.63, 3.8) is 0 Å². The molecule has 0 amide bonds. The zero-order valence-corrected chi connectivity index (χ0v) is 12.1. The fraction of sp³-hybridized carbons (Fsp3) is 0.571. The van der Waals surface area contributed by atoms with Crippen LogP contribution in [0.15, 0.2) is 24.3 Å². The van der Waals surface area contributed by atoms with Crippen molar-refractivity contribution in [1.29, 1.82) is 0 Å². The third-order valence-electron chi connectivity index (χ3n) is 2.57. The zero-order valence-electron chi connectivity index (χ0n) is 10.4. The normalized spacial score (nSPS) is 10.4. The van der Waals surface area contributed by atoms with Gasteiger partial charge in [-0.25, -0.2) is 0 Å². The van der Waals surface area contributed by atoms with Crippen LogP contribution in [0, 0.1) is 0 Å². The van der Waals surface area contributed by atoms with Gasteiger partial charge in [0.25, 0.3) is 0 Å². The van der Waals surface area contributed by atoms with E-state index in [1.165, 1.54) is 41.9 Å². The topological polar surface area (TPSA) is 9.23 Å². The van der Waals surface area contributed by atoms with Crippen molar-refractivity contribution in [3.8, 4) is 5.75 Å². The number of ether oxygens (including phenoxy) is 1. The van der Waals surface area contributed by atoms with Crippen LogP contribution >= 0.6 is 0 Å². The third-order valence-corrected chi connectivity index (χ3v) is 4.91.